The van der Waals surface area contributed by atoms with Gasteiger partial charge in [-0.15, -0.1) is 0 Å². The predicted molar refractivity (Wildman–Crippen MR) is 108 cm³/mol. The van der Waals surface area contributed by atoms with Crippen LogP contribution in [0.15, 0.2) is 24.3 Å². The average molecular weight is 442 g/mol. The van der Waals surface area contributed by atoms with Gasteiger partial charge in [-0.1, -0.05) is 12.1 Å². The molecule has 0 saturated carbocycles. The molecule has 1 fully saturated rings. The van der Waals surface area contributed by atoms with Gasteiger partial charge in [-0.3, -0.25) is 0 Å². The minimum absolute atomic E-state index is 0.0922. The van der Waals surface area contributed by atoms with Crippen LogP contribution in [0.4, 0.5) is 20.5 Å². The van der Waals surface area contributed by atoms with Crippen molar-refractivity contribution in [3.63, 3.8) is 0 Å². The zero-order valence-electron chi connectivity index (χ0n) is 16.7. The molecule has 0 spiro atoms. The fourth-order valence-corrected chi connectivity index (χ4v) is 4.26. The SMILES string of the molecule is Cc1cc(N2CCCOCC2c2ccc(CS(C)(=O)=O)cc2OC(F)F)nc(N)n1. The molecule has 1 aliphatic heterocycles. The van der Waals surface area contributed by atoms with Gasteiger partial charge in [-0.25, -0.2) is 13.4 Å². The molecular formula is C19H24F2N4O4S. The minimum Gasteiger partial charge on any atom is -0.434 e. The Morgan fingerprint density at radius 3 is 2.77 bits per heavy atom. The van der Waals surface area contributed by atoms with Crippen molar-refractivity contribution in [2.45, 2.75) is 31.8 Å². The number of alkyl halides is 2. The summed E-state index contributed by atoms with van der Waals surface area (Å²) in [6.45, 7) is 0.00236. The van der Waals surface area contributed by atoms with E-state index in [1.165, 1.54) is 6.07 Å². The lowest BCUT2D eigenvalue weighted by atomic mass is 10.0. The molecule has 1 saturated heterocycles. The summed E-state index contributed by atoms with van der Waals surface area (Å²) in [4.78, 5) is 10.3. The molecule has 164 valence electrons. The van der Waals surface area contributed by atoms with Crippen molar-refractivity contribution in [1.82, 2.24) is 9.97 Å². The van der Waals surface area contributed by atoms with Crippen LogP contribution in [0, 0.1) is 6.92 Å². The summed E-state index contributed by atoms with van der Waals surface area (Å²) in [6, 6.07) is 5.81. The third-order valence-electron chi connectivity index (χ3n) is 4.57. The van der Waals surface area contributed by atoms with Crippen LogP contribution in [0.5, 0.6) is 5.75 Å². The fourth-order valence-electron chi connectivity index (χ4n) is 3.48. The highest BCUT2D eigenvalue weighted by molar-refractivity contribution is 7.89. The van der Waals surface area contributed by atoms with E-state index in [1.54, 1.807) is 25.1 Å². The number of aryl methyl sites for hydroxylation is 1. The Balaban J connectivity index is 2.06. The predicted octanol–water partition coefficient (Wildman–Crippen LogP) is 2.48. The van der Waals surface area contributed by atoms with E-state index in [1.807, 2.05) is 4.90 Å². The number of anilines is 2. The van der Waals surface area contributed by atoms with Crippen LogP contribution in [0.25, 0.3) is 0 Å². The second-order valence-corrected chi connectivity index (χ2v) is 9.32. The van der Waals surface area contributed by atoms with Crippen molar-refractivity contribution in [2.75, 3.05) is 36.6 Å². The van der Waals surface area contributed by atoms with E-state index >= 15 is 0 Å². The number of hydrogen-bond acceptors (Lipinski definition) is 8. The molecule has 1 aromatic carbocycles. The summed E-state index contributed by atoms with van der Waals surface area (Å²) in [5.41, 5.74) is 7.29. The molecule has 30 heavy (non-hydrogen) atoms. The van der Waals surface area contributed by atoms with E-state index in [2.05, 4.69) is 9.97 Å². The third kappa shape index (κ3) is 5.76. The number of rotatable bonds is 6. The molecule has 1 unspecified atom stereocenters. The molecule has 2 N–H and O–H groups in total. The molecule has 1 aromatic heterocycles. The number of hydrogen-bond donors (Lipinski definition) is 1. The van der Waals surface area contributed by atoms with Crippen LogP contribution in [-0.2, 0) is 20.3 Å². The second kappa shape index (κ2) is 9.09. The molecular weight excluding hydrogens is 418 g/mol. The molecule has 2 aromatic rings. The Morgan fingerprint density at radius 2 is 2.10 bits per heavy atom. The first-order chi connectivity index (χ1) is 14.1. The summed E-state index contributed by atoms with van der Waals surface area (Å²) in [5, 5.41) is 0. The average Bonchev–Trinajstić information content (AvgIpc) is 2.85. The largest absolute Gasteiger partial charge is 0.434 e. The first kappa shape index (κ1) is 22.2. The van der Waals surface area contributed by atoms with Crippen molar-refractivity contribution in [3.8, 4) is 5.75 Å². The Bertz CT molecular complexity index is 984. The molecule has 0 bridgehead atoms. The Labute approximate surface area is 173 Å². The maximum absolute atomic E-state index is 13.1. The van der Waals surface area contributed by atoms with E-state index in [4.69, 9.17) is 15.2 Å². The molecule has 11 heteroatoms. The molecule has 1 aliphatic rings. The summed E-state index contributed by atoms with van der Waals surface area (Å²) < 4.78 is 59.9. The molecule has 0 aliphatic carbocycles. The van der Waals surface area contributed by atoms with Crippen LogP contribution in [0.1, 0.15) is 29.3 Å². The van der Waals surface area contributed by atoms with Gasteiger partial charge in [0.05, 0.1) is 18.4 Å². The number of halogens is 2. The lowest BCUT2D eigenvalue weighted by Crippen LogP contribution is -2.32. The summed E-state index contributed by atoms with van der Waals surface area (Å²) in [7, 11) is -3.34. The van der Waals surface area contributed by atoms with Crippen molar-refractivity contribution in [1.29, 1.82) is 0 Å². The summed E-state index contributed by atoms with van der Waals surface area (Å²) in [5.74, 6) is 0.296. The fraction of sp³-hybridized carbons (Fsp3) is 0.474. The minimum atomic E-state index is -3.34. The maximum atomic E-state index is 13.1. The van der Waals surface area contributed by atoms with Gasteiger partial charge in [0.2, 0.25) is 5.95 Å². The normalized spacial score (nSPS) is 17.8. The molecule has 3 rings (SSSR count). The first-order valence-corrected chi connectivity index (χ1v) is 11.4. The molecule has 2 heterocycles. The van der Waals surface area contributed by atoms with E-state index < -0.39 is 22.5 Å². The van der Waals surface area contributed by atoms with Crippen LogP contribution in [0.3, 0.4) is 0 Å². The lowest BCUT2D eigenvalue weighted by Gasteiger charge is -2.32. The van der Waals surface area contributed by atoms with Gasteiger partial charge in [0, 0.05) is 36.7 Å². The quantitative estimate of drug-likeness (QED) is 0.727. The number of aromatic nitrogens is 2. The van der Waals surface area contributed by atoms with Crippen molar-refractivity contribution < 1.29 is 26.7 Å². The Kier molecular flexibility index (Phi) is 6.71. The van der Waals surface area contributed by atoms with Gasteiger partial charge < -0.3 is 20.1 Å². The highest BCUT2D eigenvalue weighted by Gasteiger charge is 2.29. The lowest BCUT2D eigenvalue weighted by molar-refractivity contribution is -0.0508. The van der Waals surface area contributed by atoms with Gasteiger partial charge in [-0.2, -0.15) is 13.8 Å². The number of ether oxygens (including phenoxy) is 2. The monoisotopic (exact) mass is 442 g/mol. The van der Waals surface area contributed by atoms with Gasteiger partial charge in [0.15, 0.2) is 9.84 Å². The van der Waals surface area contributed by atoms with Crippen LogP contribution >= 0.6 is 0 Å². The number of benzene rings is 1. The number of nitrogens with zero attached hydrogens (tertiary/aromatic N) is 3. The topological polar surface area (TPSA) is 108 Å². The Morgan fingerprint density at radius 1 is 1.33 bits per heavy atom. The van der Waals surface area contributed by atoms with Crippen molar-refractivity contribution in [2.24, 2.45) is 0 Å². The van der Waals surface area contributed by atoms with E-state index in [0.717, 1.165) is 6.26 Å². The van der Waals surface area contributed by atoms with E-state index in [0.29, 0.717) is 42.2 Å². The zero-order chi connectivity index (χ0) is 21.9. The highest BCUT2D eigenvalue weighted by Crippen LogP contribution is 2.36. The van der Waals surface area contributed by atoms with Crippen LogP contribution in [0.2, 0.25) is 0 Å². The molecule has 0 radical (unpaired) electrons. The maximum Gasteiger partial charge on any atom is 0.387 e. The summed E-state index contributed by atoms with van der Waals surface area (Å²) >= 11 is 0. The number of nitrogen functional groups attached to an aromatic ring is 1. The zero-order valence-corrected chi connectivity index (χ0v) is 17.5. The number of sulfone groups is 1. The van der Waals surface area contributed by atoms with Crippen LogP contribution < -0.4 is 15.4 Å². The van der Waals surface area contributed by atoms with Gasteiger partial charge in [0.1, 0.15) is 11.6 Å². The smallest absolute Gasteiger partial charge is 0.387 e. The molecule has 1 atom stereocenters. The third-order valence-corrected chi connectivity index (χ3v) is 5.43. The molecule has 0 amide bonds. The number of nitrogens with two attached hydrogens (primary N) is 1. The standard InChI is InChI=1S/C19H24F2N4O4S/c1-12-8-17(24-19(22)23-12)25-6-3-7-28-10-15(25)14-5-4-13(11-30(2,26)27)9-16(14)29-18(20)21/h4-5,8-9,15,18H,3,6-7,10-11H2,1-2H3,(H2,22,23,24). The second-order valence-electron chi connectivity index (χ2n) is 7.18. The Hall–Kier alpha value is -2.53. The van der Waals surface area contributed by atoms with Crippen molar-refractivity contribution in [3.05, 3.63) is 41.1 Å². The molecule has 8 nitrogen and oxygen atoms in total. The first-order valence-electron chi connectivity index (χ1n) is 9.33. The van der Waals surface area contributed by atoms with Gasteiger partial charge >= 0.3 is 6.61 Å². The van der Waals surface area contributed by atoms with E-state index in [-0.39, 0.29) is 24.1 Å². The van der Waals surface area contributed by atoms with Crippen molar-refractivity contribution >= 4 is 21.6 Å². The summed E-state index contributed by atoms with van der Waals surface area (Å²) in [6.07, 6.45) is 1.79. The van der Waals surface area contributed by atoms with Gasteiger partial charge in [0.25, 0.3) is 0 Å². The van der Waals surface area contributed by atoms with Gasteiger partial charge in [-0.05, 0) is 25.0 Å². The highest BCUT2D eigenvalue weighted by atomic mass is 32.2. The van der Waals surface area contributed by atoms with Crippen LogP contribution in [-0.4, -0.2) is 51.0 Å². The van der Waals surface area contributed by atoms with E-state index in [9.17, 15) is 17.2 Å².